The summed E-state index contributed by atoms with van der Waals surface area (Å²) in [4.78, 5) is 7.79. The van der Waals surface area contributed by atoms with Crippen LogP contribution in [-0.2, 0) is 0 Å². The van der Waals surface area contributed by atoms with Gasteiger partial charge in [-0.05, 0) is 46.6 Å². The second-order valence-corrected chi connectivity index (χ2v) is 4.04. The van der Waals surface area contributed by atoms with Gasteiger partial charge in [0.05, 0.1) is 4.47 Å². The molecule has 0 bridgehead atoms. The van der Waals surface area contributed by atoms with Gasteiger partial charge in [-0.3, -0.25) is 0 Å². The molecular weight excluding hydrogens is 275 g/mol. The van der Waals surface area contributed by atoms with Crippen LogP contribution in [0.1, 0.15) is 5.56 Å². The van der Waals surface area contributed by atoms with Crippen molar-refractivity contribution in [1.82, 2.24) is 9.97 Å². The zero-order valence-electron chi connectivity index (χ0n) is 8.45. The number of benzene rings is 1. The van der Waals surface area contributed by atoms with Crippen molar-refractivity contribution in [1.29, 1.82) is 0 Å². The van der Waals surface area contributed by atoms with E-state index in [0.29, 0.717) is 21.7 Å². The zero-order chi connectivity index (χ0) is 11.5. The van der Waals surface area contributed by atoms with Gasteiger partial charge in [-0.15, -0.1) is 0 Å². The minimum atomic E-state index is -0.286. The summed E-state index contributed by atoms with van der Waals surface area (Å²) < 4.78 is 19.1. The first-order valence-electron chi connectivity index (χ1n) is 4.56. The molecule has 0 aliphatic rings. The standard InChI is InChI=1S/C11H8BrFN2O/c1-7-4-8(13)2-3-10(7)16-11-9(12)5-14-6-15-11/h2-6H,1H3. The molecule has 1 heterocycles. The Labute approximate surface area is 100 Å². The quantitative estimate of drug-likeness (QED) is 0.846. The van der Waals surface area contributed by atoms with Crippen LogP contribution < -0.4 is 4.74 Å². The van der Waals surface area contributed by atoms with Crippen LogP contribution in [0.25, 0.3) is 0 Å². The number of hydrogen-bond acceptors (Lipinski definition) is 3. The zero-order valence-corrected chi connectivity index (χ0v) is 10.0. The van der Waals surface area contributed by atoms with E-state index in [1.165, 1.54) is 18.5 Å². The van der Waals surface area contributed by atoms with Gasteiger partial charge in [-0.1, -0.05) is 0 Å². The summed E-state index contributed by atoms with van der Waals surface area (Å²) in [5, 5.41) is 0. The molecule has 5 heteroatoms. The molecule has 0 atom stereocenters. The van der Waals surface area contributed by atoms with Crippen molar-refractivity contribution in [2.75, 3.05) is 0 Å². The SMILES string of the molecule is Cc1cc(F)ccc1Oc1ncncc1Br. The fourth-order valence-corrected chi connectivity index (χ4v) is 1.51. The molecule has 0 unspecified atom stereocenters. The van der Waals surface area contributed by atoms with Crippen LogP contribution in [0.2, 0.25) is 0 Å². The molecule has 0 aliphatic heterocycles. The highest BCUT2D eigenvalue weighted by Gasteiger charge is 2.06. The van der Waals surface area contributed by atoms with Crippen molar-refractivity contribution in [3.05, 3.63) is 46.6 Å². The number of aryl methyl sites for hydroxylation is 1. The summed E-state index contributed by atoms with van der Waals surface area (Å²) in [5.74, 6) is 0.692. The summed E-state index contributed by atoms with van der Waals surface area (Å²) in [6, 6.07) is 4.32. The van der Waals surface area contributed by atoms with Crippen LogP contribution in [0, 0.1) is 12.7 Å². The lowest BCUT2D eigenvalue weighted by Gasteiger charge is -2.08. The van der Waals surface area contributed by atoms with Gasteiger partial charge in [-0.2, -0.15) is 0 Å². The Hall–Kier alpha value is -1.49. The van der Waals surface area contributed by atoms with E-state index in [-0.39, 0.29) is 5.82 Å². The van der Waals surface area contributed by atoms with Crippen molar-refractivity contribution in [2.45, 2.75) is 6.92 Å². The monoisotopic (exact) mass is 282 g/mol. The van der Waals surface area contributed by atoms with Crippen molar-refractivity contribution < 1.29 is 9.13 Å². The largest absolute Gasteiger partial charge is 0.437 e. The Kier molecular flexibility index (Phi) is 3.14. The van der Waals surface area contributed by atoms with Crippen molar-refractivity contribution in [3.63, 3.8) is 0 Å². The molecule has 3 nitrogen and oxygen atoms in total. The number of hydrogen-bond donors (Lipinski definition) is 0. The van der Waals surface area contributed by atoms with E-state index in [1.807, 2.05) is 0 Å². The summed E-state index contributed by atoms with van der Waals surface area (Å²) >= 11 is 3.27. The number of aromatic nitrogens is 2. The Morgan fingerprint density at radius 3 is 2.88 bits per heavy atom. The van der Waals surface area contributed by atoms with E-state index in [1.54, 1.807) is 19.2 Å². The van der Waals surface area contributed by atoms with Crippen LogP contribution in [0.5, 0.6) is 11.6 Å². The third-order valence-corrected chi connectivity index (χ3v) is 2.52. The molecule has 0 saturated carbocycles. The van der Waals surface area contributed by atoms with Crippen LogP contribution in [0.15, 0.2) is 35.2 Å². The van der Waals surface area contributed by atoms with Crippen molar-refractivity contribution in [2.24, 2.45) is 0 Å². The summed E-state index contributed by atoms with van der Waals surface area (Å²) in [6.07, 6.45) is 2.97. The first kappa shape index (κ1) is 11.0. The fourth-order valence-electron chi connectivity index (χ4n) is 1.21. The normalized spacial score (nSPS) is 10.2. The Bertz CT molecular complexity index is 519. The Morgan fingerprint density at radius 1 is 1.38 bits per heavy atom. The molecule has 0 radical (unpaired) electrons. The molecule has 16 heavy (non-hydrogen) atoms. The van der Waals surface area contributed by atoms with Crippen molar-refractivity contribution >= 4 is 15.9 Å². The van der Waals surface area contributed by atoms with E-state index in [9.17, 15) is 4.39 Å². The van der Waals surface area contributed by atoms with Gasteiger partial charge >= 0.3 is 0 Å². The van der Waals surface area contributed by atoms with Gasteiger partial charge in [0.25, 0.3) is 0 Å². The molecule has 0 fully saturated rings. The average Bonchev–Trinajstić information content (AvgIpc) is 2.25. The summed E-state index contributed by atoms with van der Waals surface area (Å²) in [7, 11) is 0. The third-order valence-electron chi connectivity index (χ3n) is 1.98. The lowest BCUT2D eigenvalue weighted by Crippen LogP contribution is -1.92. The molecule has 0 aliphatic carbocycles. The molecule has 0 spiro atoms. The van der Waals surface area contributed by atoms with E-state index < -0.39 is 0 Å². The number of nitrogens with zero attached hydrogens (tertiary/aromatic N) is 2. The van der Waals surface area contributed by atoms with E-state index in [0.717, 1.165) is 0 Å². The van der Waals surface area contributed by atoms with Gasteiger partial charge in [0, 0.05) is 6.20 Å². The smallest absolute Gasteiger partial charge is 0.236 e. The number of halogens is 2. The topological polar surface area (TPSA) is 35.0 Å². The molecule has 0 amide bonds. The van der Waals surface area contributed by atoms with Crippen LogP contribution in [0.4, 0.5) is 4.39 Å². The Morgan fingerprint density at radius 2 is 2.19 bits per heavy atom. The lowest BCUT2D eigenvalue weighted by atomic mass is 10.2. The minimum absolute atomic E-state index is 0.286. The second-order valence-electron chi connectivity index (χ2n) is 3.19. The van der Waals surface area contributed by atoms with Gasteiger partial charge < -0.3 is 4.74 Å². The summed E-state index contributed by atoms with van der Waals surface area (Å²) in [5.41, 5.74) is 0.713. The molecular formula is C11H8BrFN2O. The maximum Gasteiger partial charge on any atom is 0.236 e. The third kappa shape index (κ3) is 2.36. The highest BCUT2D eigenvalue weighted by atomic mass is 79.9. The first-order chi connectivity index (χ1) is 7.66. The maximum absolute atomic E-state index is 12.9. The number of rotatable bonds is 2. The van der Waals surface area contributed by atoms with E-state index >= 15 is 0 Å². The first-order valence-corrected chi connectivity index (χ1v) is 5.35. The highest BCUT2D eigenvalue weighted by molar-refractivity contribution is 9.10. The molecule has 1 aromatic heterocycles. The average molecular weight is 283 g/mol. The maximum atomic E-state index is 12.9. The molecule has 2 rings (SSSR count). The Balaban J connectivity index is 2.31. The predicted octanol–water partition coefficient (Wildman–Crippen LogP) is 3.48. The molecule has 82 valence electrons. The van der Waals surface area contributed by atoms with Crippen LogP contribution >= 0.6 is 15.9 Å². The van der Waals surface area contributed by atoms with E-state index in [4.69, 9.17) is 4.74 Å². The van der Waals surface area contributed by atoms with Crippen LogP contribution in [0.3, 0.4) is 0 Å². The van der Waals surface area contributed by atoms with E-state index in [2.05, 4.69) is 25.9 Å². The minimum Gasteiger partial charge on any atom is -0.437 e. The predicted molar refractivity (Wildman–Crippen MR) is 60.9 cm³/mol. The van der Waals surface area contributed by atoms with Gasteiger partial charge in [0.1, 0.15) is 17.9 Å². The second kappa shape index (κ2) is 4.57. The molecule has 1 aromatic carbocycles. The van der Waals surface area contributed by atoms with Crippen molar-refractivity contribution in [3.8, 4) is 11.6 Å². The van der Waals surface area contributed by atoms with Gasteiger partial charge in [0.2, 0.25) is 5.88 Å². The lowest BCUT2D eigenvalue weighted by molar-refractivity contribution is 0.453. The van der Waals surface area contributed by atoms with Crippen LogP contribution in [-0.4, -0.2) is 9.97 Å². The van der Waals surface area contributed by atoms with Gasteiger partial charge in [0.15, 0.2) is 0 Å². The fraction of sp³-hybridized carbons (Fsp3) is 0.0909. The molecule has 0 saturated heterocycles. The molecule has 2 aromatic rings. The number of ether oxygens (including phenoxy) is 1. The highest BCUT2D eigenvalue weighted by Crippen LogP contribution is 2.28. The molecule has 0 N–H and O–H groups in total. The summed E-state index contributed by atoms with van der Waals surface area (Å²) in [6.45, 7) is 1.77. The van der Waals surface area contributed by atoms with Gasteiger partial charge in [-0.25, -0.2) is 14.4 Å².